The molecule has 11 heteroatoms. The Morgan fingerprint density at radius 2 is 0.722 bits per heavy atom. The van der Waals surface area contributed by atoms with E-state index in [1.165, 1.54) is 103 Å². The van der Waals surface area contributed by atoms with Crippen LogP contribution in [0.4, 0.5) is 0 Å². The Bertz CT molecular complexity index is 2850. The molecule has 0 radical (unpaired) electrons. The SMILES string of the molecule is CCCCCCCCCCCCCC[C@@H](OCc1ccccc1)[C@@H](OCc1ccccc1)[C@H](CO[C@H]1O[C@H](COCc2ccccc2)[C@H](OCc2ccccc2)[C@H](OCc2ccccc2)[C@H]1OCc1ccccc1)NC(=O)CCCCCCCCCCCCC(=O)CCCCCC. The second kappa shape index (κ2) is 50.5. The summed E-state index contributed by atoms with van der Waals surface area (Å²) in [7, 11) is 0. The molecule has 1 fully saturated rings. The zero-order valence-electron chi connectivity index (χ0n) is 59.4. The maximum atomic E-state index is 14.9. The van der Waals surface area contributed by atoms with Crippen LogP contribution in [0.2, 0.25) is 0 Å². The van der Waals surface area contributed by atoms with Crippen molar-refractivity contribution in [1.29, 1.82) is 0 Å². The topological polar surface area (TPSA) is 120 Å². The lowest BCUT2D eigenvalue weighted by Gasteiger charge is -2.46. The molecule has 8 atom stereocenters. The van der Waals surface area contributed by atoms with E-state index in [2.05, 4.69) is 104 Å². The van der Waals surface area contributed by atoms with Gasteiger partial charge in [-0.15, -0.1) is 0 Å². The summed E-state index contributed by atoms with van der Waals surface area (Å²) in [4.78, 5) is 27.2. The van der Waals surface area contributed by atoms with Crippen LogP contribution in [0.15, 0.2) is 182 Å². The highest BCUT2D eigenvalue weighted by molar-refractivity contribution is 5.78. The zero-order valence-corrected chi connectivity index (χ0v) is 59.4. The van der Waals surface area contributed by atoms with Crippen molar-refractivity contribution in [1.82, 2.24) is 5.32 Å². The van der Waals surface area contributed by atoms with Crippen LogP contribution in [0.5, 0.6) is 0 Å². The number of ether oxygens (including phenoxy) is 8. The van der Waals surface area contributed by atoms with E-state index in [-0.39, 0.29) is 32.3 Å². The van der Waals surface area contributed by atoms with Crippen LogP contribution in [0.3, 0.4) is 0 Å². The number of benzene rings is 6. The Morgan fingerprint density at radius 3 is 1.16 bits per heavy atom. The Labute approximate surface area is 585 Å². The minimum absolute atomic E-state index is 0.0125. The number of carbonyl (C=O) groups is 2. The minimum Gasteiger partial charge on any atom is -0.374 e. The van der Waals surface area contributed by atoms with Crippen LogP contribution >= 0.6 is 0 Å². The number of unbranched alkanes of at least 4 members (excludes halogenated alkanes) is 23. The average Bonchev–Trinajstić information content (AvgIpc) is 0.798. The van der Waals surface area contributed by atoms with Gasteiger partial charge in [-0.05, 0) is 59.1 Å². The van der Waals surface area contributed by atoms with Crippen molar-refractivity contribution in [2.24, 2.45) is 0 Å². The Kier molecular flexibility index (Phi) is 40.8. The summed E-state index contributed by atoms with van der Waals surface area (Å²) in [5, 5.41) is 3.55. The molecule has 6 aromatic carbocycles. The number of nitrogens with one attached hydrogen (secondary N) is 1. The number of carbonyl (C=O) groups excluding carboxylic acids is 2. The van der Waals surface area contributed by atoms with Gasteiger partial charge in [0.1, 0.15) is 36.3 Å². The molecule has 1 N–H and O–H groups in total. The normalized spacial score (nSPS) is 17.2. The summed E-state index contributed by atoms with van der Waals surface area (Å²) in [6, 6.07) is 60.6. The van der Waals surface area contributed by atoms with Crippen molar-refractivity contribution in [2.75, 3.05) is 13.2 Å². The first kappa shape index (κ1) is 78.5. The first-order valence-corrected chi connectivity index (χ1v) is 37.9. The van der Waals surface area contributed by atoms with Gasteiger partial charge >= 0.3 is 0 Å². The lowest BCUT2D eigenvalue weighted by Crippen LogP contribution is -2.62. The molecule has 97 heavy (non-hydrogen) atoms. The zero-order chi connectivity index (χ0) is 67.7. The lowest BCUT2D eigenvalue weighted by molar-refractivity contribution is -0.330. The molecule has 0 unspecified atom stereocenters. The summed E-state index contributed by atoms with van der Waals surface area (Å²) >= 11 is 0. The van der Waals surface area contributed by atoms with Crippen LogP contribution in [-0.2, 0) is 87.1 Å². The predicted octanol–water partition coefficient (Wildman–Crippen LogP) is 20.7. The molecule has 0 spiro atoms. The van der Waals surface area contributed by atoms with Crippen LogP contribution in [0.1, 0.15) is 240 Å². The summed E-state index contributed by atoms with van der Waals surface area (Å²) in [5.74, 6) is 0.383. The van der Waals surface area contributed by atoms with Crippen LogP contribution < -0.4 is 5.32 Å². The molecule has 7 rings (SSSR count). The molecule has 11 nitrogen and oxygen atoms in total. The van der Waals surface area contributed by atoms with Crippen molar-refractivity contribution in [3.8, 4) is 0 Å². The van der Waals surface area contributed by atoms with Gasteiger partial charge in [-0.3, -0.25) is 9.59 Å². The summed E-state index contributed by atoms with van der Waals surface area (Å²) in [5.41, 5.74) is 6.13. The highest BCUT2D eigenvalue weighted by Gasteiger charge is 2.50. The van der Waals surface area contributed by atoms with Gasteiger partial charge in [0.15, 0.2) is 6.29 Å². The van der Waals surface area contributed by atoms with Gasteiger partial charge in [0.25, 0.3) is 0 Å². The Morgan fingerprint density at radius 1 is 0.371 bits per heavy atom. The van der Waals surface area contributed by atoms with E-state index in [4.69, 9.17) is 37.9 Å². The van der Waals surface area contributed by atoms with Crippen molar-refractivity contribution < 1.29 is 47.5 Å². The standard InChI is InChI=1S/C86H121NO10/c1-3-5-7-9-10-11-12-13-17-20-23-45-61-79(91-64-72-49-33-26-34-50-72)82(92-65-73-51-35-27-36-52-73)78(87-81(89)62-46-24-21-18-15-14-16-19-22-44-60-77(88)59-43-8-6-4-2)69-96-86-85(95-68-76-57-41-30-42-58-76)84(94-67-75-55-39-29-40-56-75)83(93-66-74-53-37-28-38-54-74)80(97-86)70-90-63-71-47-31-25-32-48-71/h25-42,47-58,78-80,82-86H,3-24,43-46,59-70H2,1-2H3,(H,87,89)/t78-,79+,80+,82-,83-,84-,85+,86-/m0/s1. The average molecular weight is 1330 g/mol. The van der Waals surface area contributed by atoms with E-state index in [1.807, 2.05) is 97.1 Å². The largest absolute Gasteiger partial charge is 0.374 e. The van der Waals surface area contributed by atoms with Gasteiger partial charge in [-0.25, -0.2) is 0 Å². The third-order valence-electron chi connectivity index (χ3n) is 18.7. The molecule has 1 aliphatic heterocycles. The van der Waals surface area contributed by atoms with Gasteiger partial charge in [0.05, 0.1) is 65.0 Å². The molecule has 1 aliphatic rings. The minimum atomic E-state index is -1.02. The van der Waals surface area contributed by atoms with Crippen LogP contribution in [0, 0.1) is 0 Å². The number of hydrogen-bond donors (Lipinski definition) is 1. The highest BCUT2D eigenvalue weighted by atomic mass is 16.7. The quantitative estimate of drug-likeness (QED) is 0.0370. The van der Waals surface area contributed by atoms with E-state index in [0.29, 0.717) is 38.6 Å². The van der Waals surface area contributed by atoms with Gasteiger partial charge in [0.2, 0.25) is 5.91 Å². The lowest BCUT2D eigenvalue weighted by atomic mass is 9.97. The fourth-order valence-corrected chi connectivity index (χ4v) is 13.0. The summed E-state index contributed by atoms with van der Waals surface area (Å²) in [6.07, 6.45) is 28.1. The number of ketones is 1. The first-order valence-electron chi connectivity index (χ1n) is 37.9. The van der Waals surface area contributed by atoms with Gasteiger partial charge in [0, 0.05) is 19.3 Å². The summed E-state index contributed by atoms with van der Waals surface area (Å²) in [6.45, 7) is 6.56. The first-order chi connectivity index (χ1) is 47.9. The second-order valence-corrected chi connectivity index (χ2v) is 27.0. The second-order valence-electron chi connectivity index (χ2n) is 27.0. The summed E-state index contributed by atoms with van der Waals surface area (Å²) < 4.78 is 57.0. The molecule has 0 aromatic heterocycles. The van der Waals surface area contributed by atoms with E-state index in [9.17, 15) is 9.59 Å². The monoisotopic (exact) mass is 1330 g/mol. The van der Waals surface area contributed by atoms with E-state index < -0.39 is 49.0 Å². The molecule has 530 valence electrons. The number of rotatable bonds is 56. The van der Waals surface area contributed by atoms with E-state index in [1.54, 1.807) is 0 Å². The van der Waals surface area contributed by atoms with Gasteiger partial charge in [-0.2, -0.15) is 0 Å². The van der Waals surface area contributed by atoms with Crippen LogP contribution in [0.25, 0.3) is 0 Å². The number of amides is 1. The highest BCUT2D eigenvalue weighted by Crippen LogP contribution is 2.33. The molecule has 1 heterocycles. The molecule has 1 amide bonds. The third kappa shape index (κ3) is 33.2. The number of Topliss-reactive ketones (excluding diaryl/α,β-unsaturated/α-hetero) is 1. The molecule has 0 bridgehead atoms. The fraction of sp³-hybridized carbons (Fsp3) is 0.558. The maximum Gasteiger partial charge on any atom is 0.220 e. The molecule has 1 saturated heterocycles. The third-order valence-corrected chi connectivity index (χ3v) is 18.7. The predicted molar refractivity (Wildman–Crippen MR) is 393 cm³/mol. The van der Waals surface area contributed by atoms with Crippen molar-refractivity contribution >= 4 is 11.7 Å². The molecule has 0 aliphatic carbocycles. The van der Waals surface area contributed by atoms with Crippen molar-refractivity contribution in [3.05, 3.63) is 215 Å². The molecule has 6 aromatic rings. The van der Waals surface area contributed by atoms with E-state index in [0.717, 1.165) is 117 Å². The Balaban J connectivity index is 1.14. The molecular formula is C86H121NO10. The van der Waals surface area contributed by atoms with E-state index >= 15 is 0 Å². The fourth-order valence-electron chi connectivity index (χ4n) is 13.0. The number of hydrogen-bond acceptors (Lipinski definition) is 10. The van der Waals surface area contributed by atoms with Crippen LogP contribution in [-0.4, -0.2) is 73.9 Å². The van der Waals surface area contributed by atoms with Crippen molar-refractivity contribution in [3.63, 3.8) is 0 Å². The Hall–Kier alpha value is -5.86. The van der Waals surface area contributed by atoms with Crippen molar-refractivity contribution in [2.45, 2.75) is 295 Å². The van der Waals surface area contributed by atoms with Gasteiger partial charge < -0.3 is 43.2 Å². The van der Waals surface area contributed by atoms with Gasteiger partial charge in [-0.1, -0.05) is 344 Å². The molecular weight excluding hydrogens is 1210 g/mol. The smallest absolute Gasteiger partial charge is 0.220 e. The maximum absolute atomic E-state index is 14.9. The molecule has 0 saturated carbocycles.